The van der Waals surface area contributed by atoms with Crippen LogP contribution in [-0.4, -0.2) is 41.3 Å². The normalized spacial score (nSPS) is 16.6. The molecule has 0 saturated carbocycles. The van der Waals surface area contributed by atoms with Crippen molar-refractivity contribution < 1.29 is 14.3 Å². The fourth-order valence-electron chi connectivity index (χ4n) is 4.12. The van der Waals surface area contributed by atoms with Crippen LogP contribution >= 0.6 is 22.7 Å². The standard InChI is InChI=1S/C22H24N2O3S2/c1-4-27-22(26)19-13(2)20(23-14(19)3)16(25)12-24-9-7-17-15(8-11-29-17)21(24)18-6-5-10-28-18/h5-6,8,10-11,21,23H,4,7,9,12H2,1-3H3. The van der Waals surface area contributed by atoms with E-state index in [2.05, 4.69) is 38.8 Å². The van der Waals surface area contributed by atoms with E-state index >= 15 is 0 Å². The quantitative estimate of drug-likeness (QED) is 0.454. The molecule has 3 aromatic rings. The number of ketones is 1. The Morgan fingerprint density at radius 1 is 1.24 bits per heavy atom. The third kappa shape index (κ3) is 3.70. The number of thiophene rings is 2. The summed E-state index contributed by atoms with van der Waals surface area (Å²) in [5, 5.41) is 4.22. The zero-order valence-corrected chi connectivity index (χ0v) is 18.4. The minimum absolute atomic E-state index is 0.00128. The molecule has 0 amide bonds. The number of aromatic amines is 1. The molecule has 29 heavy (non-hydrogen) atoms. The summed E-state index contributed by atoms with van der Waals surface area (Å²) in [4.78, 5) is 33.5. The molecule has 0 aliphatic carbocycles. The number of carbonyl (C=O) groups is 2. The molecule has 7 heteroatoms. The number of Topliss-reactive ketones (excluding diaryl/α,β-unsaturated/α-hetero) is 1. The van der Waals surface area contributed by atoms with Gasteiger partial charge < -0.3 is 9.72 Å². The van der Waals surface area contributed by atoms with Gasteiger partial charge in [-0.3, -0.25) is 9.69 Å². The number of fused-ring (bicyclic) bond motifs is 1. The molecule has 1 aliphatic rings. The van der Waals surface area contributed by atoms with Crippen molar-refractivity contribution in [2.24, 2.45) is 0 Å². The molecule has 1 unspecified atom stereocenters. The van der Waals surface area contributed by atoms with Crippen LogP contribution in [0.15, 0.2) is 29.0 Å². The van der Waals surface area contributed by atoms with Crippen molar-refractivity contribution in [1.29, 1.82) is 0 Å². The van der Waals surface area contributed by atoms with Gasteiger partial charge in [0.05, 0.1) is 30.5 Å². The van der Waals surface area contributed by atoms with E-state index in [0.29, 0.717) is 35.7 Å². The van der Waals surface area contributed by atoms with Crippen molar-refractivity contribution in [3.63, 3.8) is 0 Å². The SMILES string of the molecule is CCOC(=O)c1c(C)[nH]c(C(=O)CN2CCc3sccc3C2c2cccs2)c1C. The van der Waals surface area contributed by atoms with Crippen molar-refractivity contribution >= 4 is 34.4 Å². The van der Waals surface area contributed by atoms with Crippen LogP contribution in [0.1, 0.15) is 60.4 Å². The van der Waals surface area contributed by atoms with E-state index in [-0.39, 0.29) is 17.8 Å². The zero-order valence-electron chi connectivity index (χ0n) is 16.8. The molecule has 4 rings (SSSR count). The minimum Gasteiger partial charge on any atom is -0.462 e. The lowest BCUT2D eigenvalue weighted by Crippen LogP contribution is -2.38. The van der Waals surface area contributed by atoms with Gasteiger partial charge in [-0.05, 0) is 61.2 Å². The first-order chi connectivity index (χ1) is 14.0. The van der Waals surface area contributed by atoms with Crippen LogP contribution in [0.3, 0.4) is 0 Å². The number of hydrogen-bond donors (Lipinski definition) is 1. The van der Waals surface area contributed by atoms with E-state index in [1.165, 1.54) is 15.3 Å². The number of nitrogens with zero attached hydrogens (tertiary/aromatic N) is 1. The lowest BCUT2D eigenvalue weighted by molar-refractivity contribution is 0.0525. The number of esters is 1. The van der Waals surface area contributed by atoms with Gasteiger partial charge in [0.25, 0.3) is 0 Å². The van der Waals surface area contributed by atoms with Crippen molar-refractivity contribution in [2.75, 3.05) is 19.7 Å². The molecule has 1 aliphatic heterocycles. The molecule has 0 radical (unpaired) electrons. The first-order valence-electron chi connectivity index (χ1n) is 9.74. The molecule has 0 fully saturated rings. The summed E-state index contributed by atoms with van der Waals surface area (Å²) in [5.74, 6) is -0.378. The summed E-state index contributed by atoms with van der Waals surface area (Å²) in [5.41, 5.74) is 3.64. The average molecular weight is 429 g/mol. The number of rotatable bonds is 6. The van der Waals surface area contributed by atoms with E-state index in [4.69, 9.17) is 4.74 Å². The molecular formula is C22H24N2O3S2. The monoisotopic (exact) mass is 428 g/mol. The maximum absolute atomic E-state index is 13.2. The Bertz CT molecular complexity index is 1030. The van der Waals surface area contributed by atoms with Gasteiger partial charge >= 0.3 is 5.97 Å². The lowest BCUT2D eigenvalue weighted by atomic mass is 9.97. The predicted molar refractivity (Wildman–Crippen MR) is 116 cm³/mol. The Balaban J connectivity index is 1.61. The van der Waals surface area contributed by atoms with Gasteiger partial charge in [0, 0.05) is 22.0 Å². The maximum Gasteiger partial charge on any atom is 0.340 e. The van der Waals surface area contributed by atoms with Crippen molar-refractivity contribution in [3.05, 3.63) is 66.8 Å². The molecule has 0 aromatic carbocycles. The van der Waals surface area contributed by atoms with Gasteiger partial charge in [-0.2, -0.15) is 0 Å². The lowest BCUT2D eigenvalue weighted by Gasteiger charge is -2.34. The van der Waals surface area contributed by atoms with E-state index < -0.39 is 0 Å². The second kappa shape index (κ2) is 8.26. The number of hydrogen-bond acceptors (Lipinski definition) is 6. The highest BCUT2D eigenvalue weighted by Gasteiger charge is 2.32. The summed E-state index contributed by atoms with van der Waals surface area (Å²) in [6.45, 7) is 6.86. The number of nitrogens with one attached hydrogen (secondary N) is 1. The van der Waals surface area contributed by atoms with E-state index in [9.17, 15) is 9.59 Å². The molecule has 4 heterocycles. The van der Waals surface area contributed by atoms with Crippen LogP contribution in [0.2, 0.25) is 0 Å². The third-order valence-electron chi connectivity index (χ3n) is 5.42. The van der Waals surface area contributed by atoms with E-state index in [1.807, 2.05) is 13.8 Å². The minimum atomic E-state index is -0.379. The Hall–Kier alpha value is -2.22. The van der Waals surface area contributed by atoms with E-state index in [1.54, 1.807) is 29.6 Å². The number of ether oxygens (including phenoxy) is 1. The average Bonchev–Trinajstić information content (AvgIpc) is 3.42. The topological polar surface area (TPSA) is 62.4 Å². The Morgan fingerprint density at radius 2 is 2.07 bits per heavy atom. The molecule has 1 atom stereocenters. The molecule has 3 aromatic heterocycles. The largest absolute Gasteiger partial charge is 0.462 e. The van der Waals surface area contributed by atoms with Crippen LogP contribution in [-0.2, 0) is 11.2 Å². The van der Waals surface area contributed by atoms with Gasteiger partial charge in [0.15, 0.2) is 5.78 Å². The highest BCUT2D eigenvalue weighted by Crippen LogP contribution is 2.39. The van der Waals surface area contributed by atoms with Gasteiger partial charge in [-0.1, -0.05) is 6.07 Å². The second-order valence-corrected chi connectivity index (χ2v) is 9.19. The molecule has 1 N–H and O–H groups in total. The van der Waals surface area contributed by atoms with Gasteiger partial charge in [-0.15, -0.1) is 22.7 Å². The van der Waals surface area contributed by atoms with Crippen molar-refractivity contribution in [3.8, 4) is 0 Å². The zero-order chi connectivity index (χ0) is 20.5. The van der Waals surface area contributed by atoms with Crippen molar-refractivity contribution in [1.82, 2.24) is 9.88 Å². The molecule has 0 spiro atoms. The number of aromatic nitrogens is 1. The maximum atomic E-state index is 13.2. The van der Waals surface area contributed by atoms with Crippen LogP contribution in [0, 0.1) is 13.8 Å². The Labute approximate surface area is 178 Å². The molecular weight excluding hydrogens is 404 g/mol. The summed E-state index contributed by atoms with van der Waals surface area (Å²) in [6.07, 6.45) is 0.957. The van der Waals surface area contributed by atoms with Gasteiger partial charge in [0.1, 0.15) is 0 Å². The predicted octanol–water partition coefficient (Wildman–Crippen LogP) is 4.76. The Kier molecular flexibility index (Phi) is 5.72. The van der Waals surface area contributed by atoms with Crippen LogP contribution in [0.4, 0.5) is 0 Å². The van der Waals surface area contributed by atoms with Crippen LogP contribution < -0.4 is 0 Å². The molecule has 152 valence electrons. The van der Waals surface area contributed by atoms with Gasteiger partial charge in [0.2, 0.25) is 0 Å². The summed E-state index contributed by atoms with van der Waals surface area (Å²) < 4.78 is 5.15. The second-order valence-electron chi connectivity index (χ2n) is 7.21. The number of H-pyrrole nitrogens is 1. The summed E-state index contributed by atoms with van der Waals surface area (Å²) >= 11 is 3.52. The molecule has 0 bridgehead atoms. The highest BCUT2D eigenvalue weighted by atomic mass is 32.1. The van der Waals surface area contributed by atoms with Gasteiger partial charge in [-0.25, -0.2) is 4.79 Å². The van der Waals surface area contributed by atoms with Crippen LogP contribution in [0.25, 0.3) is 0 Å². The van der Waals surface area contributed by atoms with Crippen molar-refractivity contribution in [2.45, 2.75) is 33.2 Å². The summed E-state index contributed by atoms with van der Waals surface area (Å²) in [6, 6.07) is 6.49. The summed E-state index contributed by atoms with van der Waals surface area (Å²) in [7, 11) is 0. The first-order valence-corrected chi connectivity index (χ1v) is 11.5. The fraction of sp³-hybridized carbons (Fsp3) is 0.364. The molecule has 5 nitrogen and oxygen atoms in total. The van der Waals surface area contributed by atoms with E-state index in [0.717, 1.165) is 13.0 Å². The highest BCUT2D eigenvalue weighted by molar-refractivity contribution is 7.10. The smallest absolute Gasteiger partial charge is 0.340 e. The number of aryl methyl sites for hydroxylation is 1. The first kappa shape index (κ1) is 20.1. The fourth-order valence-corrected chi connectivity index (χ4v) is 5.90. The van der Waals surface area contributed by atoms with Crippen LogP contribution in [0.5, 0.6) is 0 Å². The number of carbonyl (C=O) groups excluding carboxylic acids is 2. The molecule has 0 saturated heterocycles. The third-order valence-corrected chi connectivity index (χ3v) is 7.34. The Morgan fingerprint density at radius 3 is 2.79 bits per heavy atom.